The Bertz CT molecular complexity index is 995. The van der Waals surface area contributed by atoms with Crippen molar-refractivity contribution >= 4 is 17.7 Å². The number of anilines is 1. The van der Waals surface area contributed by atoms with Gasteiger partial charge in [-0.3, -0.25) is 4.79 Å². The van der Waals surface area contributed by atoms with E-state index in [0.717, 1.165) is 43.1 Å². The molecule has 2 fully saturated rings. The highest BCUT2D eigenvalue weighted by atomic mass is 16.5. The molecule has 7 heteroatoms. The van der Waals surface area contributed by atoms with Gasteiger partial charge in [0.05, 0.1) is 6.26 Å². The predicted molar refractivity (Wildman–Crippen MR) is 108 cm³/mol. The number of carbonyl (C=O) groups is 1. The molecule has 3 aromatic rings. The zero-order valence-corrected chi connectivity index (χ0v) is 16.0. The fourth-order valence-electron chi connectivity index (χ4n) is 3.50. The lowest BCUT2D eigenvalue weighted by molar-refractivity contribution is -0.126. The van der Waals surface area contributed by atoms with Crippen molar-refractivity contribution in [3.8, 4) is 11.4 Å². The number of benzene rings is 1. The van der Waals surface area contributed by atoms with E-state index in [1.54, 1.807) is 24.5 Å². The van der Waals surface area contributed by atoms with Crippen molar-refractivity contribution in [1.29, 1.82) is 0 Å². The second-order valence-corrected chi connectivity index (χ2v) is 7.44. The quantitative estimate of drug-likeness (QED) is 0.620. The van der Waals surface area contributed by atoms with Crippen molar-refractivity contribution in [3.63, 3.8) is 0 Å². The topological polar surface area (TPSA) is 75.6 Å². The number of piperazine rings is 1. The molecule has 1 aliphatic heterocycles. The van der Waals surface area contributed by atoms with Gasteiger partial charge < -0.3 is 18.7 Å². The minimum absolute atomic E-state index is 0.0139. The Morgan fingerprint density at radius 3 is 2.55 bits per heavy atom. The van der Waals surface area contributed by atoms with E-state index in [4.69, 9.17) is 8.94 Å². The highest BCUT2D eigenvalue weighted by molar-refractivity contribution is 5.91. The Labute approximate surface area is 168 Å². The monoisotopic (exact) mass is 390 g/mol. The number of nitrogens with zero attached hydrogens (tertiary/aromatic N) is 4. The van der Waals surface area contributed by atoms with Gasteiger partial charge in [0, 0.05) is 49.4 Å². The molecule has 1 saturated carbocycles. The molecule has 1 amide bonds. The third kappa shape index (κ3) is 3.94. The molecule has 148 valence electrons. The third-order valence-electron chi connectivity index (χ3n) is 5.38. The summed E-state index contributed by atoms with van der Waals surface area (Å²) in [6, 6.07) is 11.8. The smallest absolute Gasteiger partial charge is 0.246 e. The number of rotatable bonds is 5. The van der Waals surface area contributed by atoms with Gasteiger partial charge in [-0.05, 0) is 55.3 Å². The molecule has 5 rings (SSSR count). The van der Waals surface area contributed by atoms with Gasteiger partial charge in [0.1, 0.15) is 5.76 Å². The lowest BCUT2D eigenvalue weighted by atomic mass is 10.1. The number of furan rings is 1. The van der Waals surface area contributed by atoms with Gasteiger partial charge in [0.25, 0.3) is 0 Å². The molecular formula is C22H22N4O3. The average molecular weight is 390 g/mol. The molecule has 2 aliphatic rings. The Kier molecular flexibility index (Phi) is 4.63. The minimum Gasteiger partial charge on any atom is -0.465 e. The number of amides is 1. The van der Waals surface area contributed by atoms with E-state index in [0.29, 0.717) is 30.6 Å². The zero-order valence-electron chi connectivity index (χ0n) is 16.0. The van der Waals surface area contributed by atoms with Crippen molar-refractivity contribution in [1.82, 2.24) is 15.0 Å². The second-order valence-electron chi connectivity index (χ2n) is 7.44. The Morgan fingerprint density at radius 2 is 1.86 bits per heavy atom. The van der Waals surface area contributed by atoms with E-state index in [-0.39, 0.29) is 5.91 Å². The second kappa shape index (κ2) is 7.58. The minimum atomic E-state index is 0.0139. The van der Waals surface area contributed by atoms with Crippen molar-refractivity contribution < 1.29 is 13.7 Å². The van der Waals surface area contributed by atoms with Gasteiger partial charge in [-0.2, -0.15) is 4.98 Å². The number of aromatic nitrogens is 2. The van der Waals surface area contributed by atoms with Crippen LogP contribution in [0.25, 0.3) is 17.5 Å². The summed E-state index contributed by atoms with van der Waals surface area (Å²) in [6.07, 6.45) is 7.17. The molecule has 0 bridgehead atoms. The van der Waals surface area contributed by atoms with Crippen LogP contribution in [0.5, 0.6) is 0 Å². The Morgan fingerprint density at radius 1 is 1.07 bits per heavy atom. The molecule has 2 aromatic heterocycles. The third-order valence-corrected chi connectivity index (χ3v) is 5.38. The van der Waals surface area contributed by atoms with Gasteiger partial charge in [-0.25, -0.2) is 0 Å². The van der Waals surface area contributed by atoms with Crippen LogP contribution >= 0.6 is 0 Å². The van der Waals surface area contributed by atoms with E-state index in [9.17, 15) is 4.79 Å². The van der Waals surface area contributed by atoms with Gasteiger partial charge in [0.2, 0.25) is 17.6 Å². The summed E-state index contributed by atoms with van der Waals surface area (Å²) in [6.45, 7) is 2.98. The molecule has 1 aliphatic carbocycles. The van der Waals surface area contributed by atoms with Gasteiger partial charge >= 0.3 is 0 Å². The molecule has 0 radical (unpaired) electrons. The average Bonchev–Trinajstić information content (AvgIpc) is 3.27. The van der Waals surface area contributed by atoms with Crippen molar-refractivity contribution in [2.45, 2.75) is 18.8 Å². The SMILES string of the molecule is O=C(C=Cc1ccco1)N1CCN(c2ccc(-c3noc(C4CC4)n3)cc2)CC1. The molecule has 0 N–H and O–H groups in total. The van der Waals surface area contributed by atoms with Crippen molar-refractivity contribution in [3.05, 3.63) is 60.4 Å². The van der Waals surface area contributed by atoms with Crippen LogP contribution in [-0.4, -0.2) is 47.1 Å². The molecule has 1 aromatic carbocycles. The van der Waals surface area contributed by atoms with Crippen LogP contribution < -0.4 is 4.90 Å². The number of carbonyl (C=O) groups excluding carboxylic acids is 1. The maximum Gasteiger partial charge on any atom is 0.246 e. The van der Waals surface area contributed by atoms with Crippen LogP contribution in [0.2, 0.25) is 0 Å². The summed E-state index contributed by atoms with van der Waals surface area (Å²) in [7, 11) is 0. The highest BCUT2D eigenvalue weighted by Crippen LogP contribution is 2.39. The maximum absolute atomic E-state index is 12.3. The van der Waals surface area contributed by atoms with Crippen LogP contribution in [0, 0.1) is 0 Å². The first-order chi connectivity index (χ1) is 14.3. The van der Waals surface area contributed by atoms with Crippen LogP contribution in [0.1, 0.15) is 30.4 Å². The standard InChI is InChI=1S/C22H22N4O3/c27-20(10-9-19-2-1-15-28-19)26-13-11-25(12-14-26)18-7-5-16(6-8-18)21-23-22(29-24-21)17-3-4-17/h1-2,5-10,15,17H,3-4,11-14H2. The number of hydrogen-bond acceptors (Lipinski definition) is 6. The normalized spacial score (nSPS) is 17.2. The molecule has 1 saturated heterocycles. The fraction of sp³-hybridized carbons (Fsp3) is 0.318. The lowest BCUT2D eigenvalue weighted by Crippen LogP contribution is -2.48. The molecule has 29 heavy (non-hydrogen) atoms. The molecule has 0 spiro atoms. The van der Waals surface area contributed by atoms with E-state index >= 15 is 0 Å². The van der Waals surface area contributed by atoms with Gasteiger partial charge in [0.15, 0.2) is 0 Å². The highest BCUT2D eigenvalue weighted by Gasteiger charge is 2.29. The summed E-state index contributed by atoms with van der Waals surface area (Å²) in [5.74, 6) is 2.56. The van der Waals surface area contributed by atoms with E-state index in [1.807, 2.05) is 23.1 Å². The first-order valence-corrected chi connectivity index (χ1v) is 9.96. The van der Waals surface area contributed by atoms with Gasteiger partial charge in [-0.1, -0.05) is 5.16 Å². The molecule has 7 nitrogen and oxygen atoms in total. The van der Waals surface area contributed by atoms with Crippen LogP contribution in [0.3, 0.4) is 0 Å². The maximum atomic E-state index is 12.3. The predicted octanol–water partition coefficient (Wildman–Crippen LogP) is 3.57. The van der Waals surface area contributed by atoms with E-state index in [1.165, 1.54) is 0 Å². The molecular weight excluding hydrogens is 368 g/mol. The van der Waals surface area contributed by atoms with Crippen molar-refractivity contribution in [2.75, 3.05) is 31.1 Å². The first-order valence-electron chi connectivity index (χ1n) is 9.96. The lowest BCUT2D eigenvalue weighted by Gasteiger charge is -2.35. The van der Waals surface area contributed by atoms with Crippen LogP contribution in [0.15, 0.2) is 57.7 Å². The molecule has 0 atom stereocenters. The zero-order chi connectivity index (χ0) is 19.6. The van der Waals surface area contributed by atoms with Crippen molar-refractivity contribution in [2.24, 2.45) is 0 Å². The molecule has 0 unspecified atom stereocenters. The van der Waals surface area contributed by atoms with E-state index < -0.39 is 0 Å². The summed E-state index contributed by atoms with van der Waals surface area (Å²) >= 11 is 0. The first kappa shape index (κ1) is 17.7. The van der Waals surface area contributed by atoms with E-state index in [2.05, 4.69) is 27.2 Å². The molecule has 3 heterocycles. The summed E-state index contributed by atoms with van der Waals surface area (Å²) in [5.41, 5.74) is 2.10. The van der Waals surface area contributed by atoms with Crippen LogP contribution in [-0.2, 0) is 4.79 Å². The number of hydrogen-bond donors (Lipinski definition) is 0. The fourth-order valence-corrected chi connectivity index (χ4v) is 3.50. The van der Waals surface area contributed by atoms with Crippen LogP contribution in [0.4, 0.5) is 5.69 Å². The summed E-state index contributed by atoms with van der Waals surface area (Å²) in [5, 5.41) is 4.10. The summed E-state index contributed by atoms with van der Waals surface area (Å²) in [4.78, 5) is 21.0. The summed E-state index contributed by atoms with van der Waals surface area (Å²) < 4.78 is 10.6. The largest absolute Gasteiger partial charge is 0.465 e. The Balaban J connectivity index is 1.17. The Hall–Kier alpha value is -3.35. The van der Waals surface area contributed by atoms with Gasteiger partial charge in [-0.15, -0.1) is 0 Å².